The van der Waals surface area contributed by atoms with Gasteiger partial charge in [-0.15, -0.1) is 0 Å². The molecular formula is C17H16N2O2. The van der Waals surface area contributed by atoms with Gasteiger partial charge in [-0.05, 0) is 29.1 Å². The van der Waals surface area contributed by atoms with Crippen molar-refractivity contribution < 1.29 is 9.47 Å². The van der Waals surface area contributed by atoms with Crippen molar-refractivity contribution >= 4 is 10.8 Å². The molecule has 0 aliphatic heterocycles. The molecule has 3 rings (SSSR count). The monoisotopic (exact) mass is 280 g/mol. The van der Waals surface area contributed by atoms with Crippen LogP contribution in [0.3, 0.4) is 0 Å². The van der Waals surface area contributed by atoms with Crippen LogP contribution in [0.1, 0.15) is 5.56 Å². The van der Waals surface area contributed by atoms with Crippen LogP contribution in [0.4, 0.5) is 0 Å². The third kappa shape index (κ3) is 2.66. The van der Waals surface area contributed by atoms with Gasteiger partial charge in [-0.1, -0.05) is 24.3 Å². The smallest absolute Gasteiger partial charge is 0.227 e. The van der Waals surface area contributed by atoms with Gasteiger partial charge in [-0.3, -0.25) is 0 Å². The van der Waals surface area contributed by atoms with Crippen molar-refractivity contribution in [3.8, 4) is 17.4 Å². The molecule has 0 unspecified atom stereocenters. The number of fused-ring (bicyclic) bond motifs is 1. The van der Waals surface area contributed by atoms with Crippen molar-refractivity contribution in [1.82, 2.24) is 4.98 Å². The molecule has 0 fully saturated rings. The maximum atomic E-state index is 5.90. The summed E-state index contributed by atoms with van der Waals surface area (Å²) in [4.78, 5) is 4.39. The van der Waals surface area contributed by atoms with Gasteiger partial charge in [0.05, 0.1) is 7.11 Å². The number of hydrogen-bond donors (Lipinski definition) is 1. The molecule has 4 nitrogen and oxygen atoms in total. The Balaban J connectivity index is 2.04. The van der Waals surface area contributed by atoms with Crippen LogP contribution in [0.2, 0.25) is 0 Å². The second-order valence-corrected chi connectivity index (χ2v) is 4.62. The number of nitrogens with two attached hydrogens (primary N) is 1. The highest BCUT2D eigenvalue weighted by atomic mass is 16.5. The predicted molar refractivity (Wildman–Crippen MR) is 82.7 cm³/mol. The fourth-order valence-corrected chi connectivity index (χ4v) is 2.25. The number of ether oxygens (including phenoxy) is 2. The molecule has 4 heteroatoms. The number of aromatic nitrogens is 1. The third-order valence-electron chi connectivity index (χ3n) is 3.32. The Morgan fingerprint density at radius 1 is 1.00 bits per heavy atom. The fourth-order valence-electron chi connectivity index (χ4n) is 2.25. The summed E-state index contributed by atoms with van der Waals surface area (Å²) in [6, 6.07) is 15.4. The van der Waals surface area contributed by atoms with Gasteiger partial charge in [0.25, 0.3) is 0 Å². The number of pyridine rings is 1. The van der Waals surface area contributed by atoms with E-state index in [-0.39, 0.29) is 0 Å². The lowest BCUT2D eigenvalue weighted by Gasteiger charge is -2.11. The number of nitrogens with zero attached hydrogens (tertiary/aromatic N) is 1. The first-order chi connectivity index (χ1) is 10.3. The molecule has 1 aromatic heterocycles. The summed E-state index contributed by atoms with van der Waals surface area (Å²) in [7, 11) is 1.63. The lowest BCUT2D eigenvalue weighted by molar-refractivity contribution is 0.408. The summed E-state index contributed by atoms with van der Waals surface area (Å²) >= 11 is 0. The molecule has 21 heavy (non-hydrogen) atoms. The molecular weight excluding hydrogens is 264 g/mol. The van der Waals surface area contributed by atoms with Crippen molar-refractivity contribution in [2.75, 3.05) is 7.11 Å². The Bertz CT molecular complexity index is 772. The van der Waals surface area contributed by atoms with E-state index in [1.807, 2.05) is 48.5 Å². The van der Waals surface area contributed by atoms with Gasteiger partial charge in [-0.2, -0.15) is 0 Å². The maximum Gasteiger partial charge on any atom is 0.227 e. The van der Waals surface area contributed by atoms with Crippen LogP contribution in [0.15, 0.2) is 54.7 Å². The van der Waals surface area contributed by atoms with E-state index in [4.69, 9.17) is 15.2 Å². The van der Waals surface area contributed by atoms with Gasteiger partial charge in [0, 0.05) is 24.2 Å². The van der Waals surface area contributed by atoms with Gasteiger partial charge in [0.1, 0.15) is 11.5 Å². The molecule has 0 saturated carbocycles. The van der Waals surface area contributed by atoms with Crippen LogP contribution >= 0.6 is 0 Å². The molecule has 0 atom stereocenters. The minimum absolute atomic E-state index is 0.451. The second-order valence-electron chi connectivity index (χ2n) is 4.62. The van der Waals surface area contributed by atoms with Crippen molar-refractivity contribution in [3.05, 3.63) is 60.3 Å². The molecule has 0 amide bonds. The van der Waals surface area contributed by atoms with E-state index in [2.05, 4.69) is 4.98 Å². The second kappa shape index (κ2) is 5.81. The molecule has 1 heterocycles. The Kier molecular flexibility index (Phi) is 3.71. The van der Waals surface area contributed by atoms with E-state index in [1.165, 1.54) is 0 Å². The molecule has 2 aromatic carbocycles. The Morgan fingerprint density at radius 2 is 1.76 bits per heavy atom. The zero-order chi connectivity index (χ0) is 14.7. The molecule has 0 aliphatic carbocycles. The van der Waals surface area contributed by atoms with Crippen LogP contribution in [-0.2, 0) is 6.54 Å². The molecule has 0 saturated heterocycles. The standard InChI is InChI=1S/C17H16N2O2/c1-20-13-5-4-6-14(9-13)21-17-16-8-3-2-7-15(16)12(10-18)11-19-17/h2-9,11H,10,18H2,1H3. The van der Waals surface area contributed by atoms with Crippen LogP contribution in [0.5, 0.6) is 17.4 Å². The summed E-state index contributed by atoms with van der Waals surface area (Å²) in [6.07, 6.45) is 1.76. The quantitative estimate of drug-likeness (QED) is 0.794. The number of rotatable bonds is 4. The van der Waals surface area contributed by atoms with E-state index in [1.54, 1.807) is 13.3 Å². The minimum Gasteiger partial charge on any atom is -0.497 e. The average Bonchev–Trinajstić information content (AvgIpc) is 2.55. The highest BCUT2D eigenvalue weighted by molar-refractivity contribution is 5.89. The fraction of sp³-hybridized carbons (Fsp3) is 0.118. The van der Waals surface area contributed by atoms with Gasteiger partial charge in [-0.25, -0.2) is 4.98 Å². The van der Waals surface area contributed by atoms with Crippen LogP contribution in [-0.4, -0.2) is 12.1 Å². The number of methoxy groups -OCH3 is 1. The van der Waals surface area contributed by atoms with E-state index < -0.39 is 0 Å². The van der Waals surface area contributed by atoms with Crippen molar-refractivity contribution in [1.29, 1.82) is 0 Å². The zero-order valence-electron chi connectivity index (χ0n) is 11.7. The minimum atomic E-state index is 0.451. The van der Waals surface area contributed by atoms with E-state index in [0.29, 0.717) is 18.2 Å². The van der Waals surface area contributed by atoms with Crippen LogP contribution in [0, 0.1) is 0 Å². The Hall–Kier alpha value is -2.59. The largest absolute Gasteiger partial charge is 0.497 e. The van der Waals surface area contributed by atoms with Crippen molar-refractivity contribution in [3.63, 3.8) is 0 Å². The Morgan fingerprint density at radius 3 is 2.52 bits per heavy atom. The van der Waals surface area contributed by atoms with Gasteiger partial charge in [0.2, 0.25) is 5.88 Å². The topological polar surface area (TPSA) is 57.4 Å². The van der Waals surface area contributed by atoms with Crippen LogP contribution in [0.25, 0.3) is 10.8 Å². The molecule has 0 radical (unpaired) electrons. The average molecular weight is 280 g/mol. The summed E-state index contributed by atoms with van der Waals surface area (Å²) in [5.41, 5.74) is 6.76. The first-order valence-electron chi connectivity index (χ1n) is 6.70. The first kappa shape index (κ1) is 13.4. The molecule has 2 N–H and O–H groups in total. The molecule has 0 aliphatic rings. The molecule has 106 valence electrons. The maximum absolute atomic E-state index is 5.90. The summed E-state index contributed by atoms with van der Waals surface area (Å²) < 4.78 is 11.1. The normalized spacial score (nSPS) is 10.6. The van der Waals surface area contributed by atoms with Gasteiger partial charge >= 0.3 is 0 Å². The van der Waals surface area contributed by atoms with Crippen molar-refractivity contribution in [2.45, 2.75) is 6.54 Å². The Labute approximate surface area is 123 Å². The SMILES string of the molecule is COc1cccc(Oc2ncc(CN)c3ccccc23)c1. The third-order valence-corrected chi connectivity index (χ3v) is 3.32. The van der Waals surface area contributed by atoms with Gasteiger partial charge < -0.3 is 15.2 Å². The first-order valence-corrected chi connectivity index (χ1v) is 6.70. The van der Waals surface area contributed by atoms with Crippen molar-refractivity contribution in [2.24, 2.45) is 5.73 Å². The lowest BCUT2D eigenvalue weighted by Crippen LogP contribution is -1.99. The summed E-state index contributed by atoms with van der Waals surface area (Å²) in [6.45, 7) is 0.451. The summed E-state index contributed by atoms with van der Waals surface area (Å²) in [5, 5.41) is 2.01. The molecule has 0 bridgehead atoms. The van der Waals surface area contributed by atoms with E-state index in [0.717, 1.165) is 22.1 Å². The number of hydrogen-bond acceptors (Lipinski definition) is 4. The number of benzene rings is 2. The van der Waals surface area contributed by atoms with E-state index >= 15 is 0 Å². The highest BCUT2D eigenvalue weighted by Gasteiger charge is 2.08. The highest BCUT2D eigenvalue weighted by Crippen LogP contribution is 2.30. The molecule has 3 aromatic rings. The summed E-state index contributed by atoms with van der Waals surface area (Å²) in [5.74, 6) is 2.00. The van der Waals surface area contributed by atoms with Crippen LogP contribution < -0.4 is 15.2 Å². The van der Waals surface area contributed by atoms with Gasteiger partial charge in [0.15, 0.2) is 0 Å². The predicted octanol–water partition coefficient (Wildman–Crippen LogP) is 3.49. The lowest BCUT2D eigenvalue weighted by atomic mass is 10.1. The van der Waals surface area contributed by atoms with E-state index in [9.17, 15) is 0 Å². The zero-order valence-corrected chi connectivity index (χ0v) is 11.7. The molecule has 0 spiro atoms.